The largest absolute Gasteiger partial charge is 0.459 e. The SMILES string of the molecule is O=C(OC[C@H]1O[C@@H](O[C@H]2[C@H](O)[C@@H](CO)O[C@@H](Sc3ccccc3)[C@@H]2N2C(=O)c3ccccc3C2=O)[C@H](OC(=O)c2ccccc2)[C@@H](OC(=O)c2ccccc2)[C@H]1OC(=O)c1ccccc1)c1ccccc1. The van der Waals surface area contributed by atoms with Crippen LogP contribution in [0, 0.1) is 0 Å². The number of imide groups is 1. The van der Waals surface area contributed by atoms with Crippen molar-refractivity contribution >= 4 is 47.5 Å². The Morgan fingerprint density at radius 1 is 0.507 bits per heavy atom. The molecule has 2 amide bonds. The zero-order valence-corrected chi connectivity index (χ0v) is 38.3. The molecule has 2 N–H and O–H groups in total. The lowest BCUT2D eigenvalue weighted by atomic mass is 9.94. The van der Waals surface area contributed by atoms with Gasteiger partial charge in [0, 0.05) is 4.90 Å². The van der Waals surface area contributed by atoms with Gasteiger partial charge in [0.15, 0.2) is 24.6 Å². The van der Waals surface area contributed by atoms with Crippen LogP contribution in [0.3, 0.4) is 0 Å². The number of carbonyl (C=O) groups is 6. The van der Waals surface area contributed by atoms with Gasteiger partial charge in [-0.1, -0.05) is 115 Å². The molecule has 71 heavy (non-hydrogen) atoms. The molecule has 2 saturated heterocycles. The number of benzene rings is 6. The Morgan fingerprint density at radius 2 is 0.930 bits per heavy atom. The normalized spacial score (nSPS) is 24.8. The van der Waals surface area contributed by atoms with Gasteiger partial charge >= 0.3 is 23.9 Å². The third-order valence-electron chi connectivity index (χ3n) is 12.0. The van der Waals surface area contributed by atoms with E-state index < -0.39 is 109 Å². The summed E-state index contributed by atoms with van der Waals surface area (Å²) in [5, 5.41) is 23.0. The molecule has 9 rings (SSSR count). The number of nitrogens with zero attached hydrogens (tertiary/aromatic N) is 1. The highest BCUT2D eigenvalue weighted by atomic mass is 32.2. The third-order valence-corrected chi connectivity index (χ3v) is 13.1. The molecule has 3 aliphatic rings. The maximum atomic E-state index is 14.5. The highest BCUT2D eigenvalue weighted by molar-refractivity contribution is 7.99. The first-order valence-electron chi connectivity index (χ1n) is 22.5. The molecule has 0 spiro atoms. The quantitative estimate of drug-likeness (QED) is 0.0670. The molecule has 0 radical (unpaired) electrons. The van der Waals surface area contributed by atoms with Crippen molar-refractivity contribution in [2.75, 3.05) is 13.2 Å². The monoisotopic (exact) mass is 979 g/mol. The summed E-state index contributed by atoms with van der Waals surface area (Å²) in [5.74, 6) is -5.17. The van der Waals surface area contributed by atoms with Crippen LogP contribution in [0.1, 0.15) is 62.1 Å². The van der Waals surface area contributed by atoms with E-state index in [1.807, 2.05) is 0 Å². The Kier molecular flexibility index (Phi) is 15.1. The summed E-state index contributed by atoms with van der Waals surface area (Å²) < 4.78 is 44.2. The van der Waals surface area contributed by atoms with Crippen LogP contribution >= 0.6 is 11.8 Å². The van der Waals surface area contributed by atoms with Gasteiger partial charge in [0.1, 0.15) is 42.5 Å². The van der Waals surface area contributed by atoms with Gasteiger partial charge < -0.3 is 43.4 Å². The van der Waals surface area contributed by atoms with Crippen molar-refractivity contribution in [3.05, 3.63) is 209 Å². The lowest BCUT2D eigenvalue weighted by Gasteiger charge is -2.50. The van der Waals surface area contributed by atoms with E-state index in [1.54, 1.807) is 115 Å². The number of ether oxygens (including phenoxy) is 7. The number of hydrogen-bond donors (Lipinski definition) is 2. The van der Waals surface area contributed by atoms with Gasteiger partial charge in [-0.25, -0.2) is 19.2 Å². The molecular weight excluding hydrogens is 935 g/mol. The van der Waals surface area contributed by atoms with Crippen LogP contribution in [-0.4, -0.2) is 125 Å². The molecule has 3 aliphatic heterocycles. The number of fused-ring (bicyclic) bond motifs is 1. The molecule has 362 valence electrons. The predicted octanol–water partition coefficient (Wildman–Crippen LogP) is 6.17. The summed E-state index contributed by atoms with van der Waals surface area (Å²) >= 11 is 1.08. The van der Waals surface area contributed by atoms with Crippen LogP contribution in [-0.2, 0) is 33.2 Å². The van der Waals surface area contributed by atoms with Crippen molar-refractivity contribution in [1.82, 2.24) is 4.90 Å². The van der Waals surface area contributed by atoms with Crippen molar-refractivity contribution in [3.63, 3.8) is 0 Å². The lowest BCUT2D eigenvalue weighted by molar-refractivity contribution is -0.329. The molecule has 10 atom stereocenters. The fraction of sp³-hybridized carbons (Fsp3) is 0.222. The number of aliphatic hydroxyl groups excluding tert-OH is 2. The van der Waals surface area contributed by atoms with E-state index in [-0.39, 0.29) is 33.4 Å². The molecule has 0 aromatic heterocycles. The number of aliphatic hydroxyl groups is 2. The molecular formula is C54H45NO15S. The van der Waals surface area contributed by atoms with E-state index in [1.165, 1.54) is 60.7 Å². The second-order valence-electron chi connectivity index (χ2n) is 16.5. The first kappa shape index (κ1) is 48.5. The number of rotatable bonds is 15. The van der Waals surface area contributed by atoms with Crippen LogP contribution in [0.15, 0.2) is 181 Å². The van der Waals surface area contributed by atoms with Crippen molar-refractivity contribution < 1.29 is 72.1 Å². The maximum absolute atomic E-state index is 14.5. The van der Waals surface area contributed by atoms with Gasteiger partial charge in [0.2, 0.25) is 0 Å². The maximum Gasteiger partial charge on any atom is 0.338 e. The van der Waals surface area contributed by atoms with E-state index >= 15 is 0 Å². The number of esters is 4. The van der Waals surface area contributed by atoms with Gasteiger partial charge in [0.25, 0.3) is 11.8 Å². The van der Waals surface area contributed by atoms with Crippen molar-refractivity contribution in [3.8, 4) is 0 Å². The molecule has 2 fully saturated rings. The number of amides is 2. The van der Waals surface area contributed by atoms with Crippen molar-refractivity contribution in [2.24, 2.45) is 0 Å². The molecule has 0 unspecified atom stereocenters. The van der Waals surface area contributed by atoms with Crippen molar-refractivity contribution in [2.45, 2.75) is 65.4 Å². The van der Waals surface area contributed by atoms with E-state index in [2.05, 4.69) is 0 Å². The standard InChI is InChI=1S/C54H45NO15S/c56-30-39-42(57)44(41(54(66-39)71-36-26-14-5-15-27-36)55-47(58)37-28-16-17-29-38(37)48(55)59)70-53-46(69-52(63)35-24-12-4-13-25-35)45(68-51(62)34-22-10-3-11-23-34)43(67-50(61)33-20-8-2-9-21-33)40(65-53)31-64-49(60)32-18-6-1-7-19-32/h1-29,39-46,53-54,56-57H,30-31H2/t39-,40-,41-,42-,43+,44-,45+,46-,53+,54+/m1/s1. The van der Waals surface area contributed by atoms with Gasteiger partial charge in [-0.3, -0.25) is 14.5 Å². The fourth-order valence-corrected chi connectivity index (χ4v) is 9.68. The molecule has 6 aromatic carbocycles. The molecule has 16 nitrogen and oxygen atoms in total. The average molecular weight is 980 g/mol. The van der Waals surface area contributed by atoms with Gasteiger partial charge in [-0.15, -0.1) is 0 Å². The second kappa shape index (κ2) is 22.1. The van der Waals surface area contributed by atoms with Crippen LogP contribution < -0.4 is 0 Å². The molecule has 17 heteroatoms. The van der Waals surface area contributed by atoms with E-state index in [0.717, 1.165) is 16.7 Å². The van der Waals surface area contributed by atoms with Crippen LogP contribution in [0.25, 0.3) is 0 Å². The van der Waals surface area contributed by atoms with Crippen LogP contribution in [0.5, 0.6) is 0 Å². The topological polar surface area (TPSA) is 211 Å². The van der Waals surface area contributed by atoms with E-state index in [4.69, 9.17) is 33.2 Å². The summed E-state index contributed by atoms with van der Waals surface area (Å²) in [6.07, 6.45) is -14.0. The summed E-state index contributed by atoms with van der Waals surface area (Å²) in [4.78, 5) is 86.7. The molecule has 0 bridgehead atoms. The average Bonchev–Trinajstić information content (AvgIpc) is 3.66. The van der Waals surface area contributed by atoms with Gasteiger partial charge in [0.05, 0.1) is 40.0 Å². The van der Waals surface area contributed by atoms with Crippen LogP contribution in [0.2, 0.25) is 0 Å². The third kappa shape index (κ3) is 10.7. The fourth-order valence-electron chi connectivity index (χ4n) is 8.48. The smallest absolute Gasteiger partial charge is 0.338 e. The second-order valence-corrected chi connectivity index (χ2v) is 17.7. The van der Waals surface area contributed by atoms with Gasteiger partial charge in [-0.05, 0) is 72.8 Å². The summed E-state index contributed by atoms with van der Waals surface area (Å²) in [7, 11) is 0. The molecule has 0 aliphatic carbocycles. The minimum absolute atomic E-state index is 0.0332. The molecule has 6 aromatic rings. The summed E-state index contributed by atoms with van der Waals surface area (Å²) in [5.41, 5.74) is -0.804. The Labute approximate surface area is 411 Å². The minimum atomic E-state index is -1.97. The lowest BCUT2D eigenvalue weighted by Crippen LogP contribution is -2.68. The van der Waals surface area contributed by atoms with Gasteiger partial charge in [-0.2, -0.15) is 0 Å². The summed E-state index contributed by atoms with van der Waals surface area (Å²) in [6, 6.07) is 44.8. The highest BCUT2D eigenvalue weighted by Crippen LogP contribution is 2.42. The Hall–Kier alpha value is -7.51. The number of carbonyl (C=O) groups excluding carboxylic acids is 6. The zero-order chi connectivity index (χ0) is 49.4. The minimum Gasteiger partial charge on any atom is -0.459 e. The number of thioether (sulfide) groups is 1. The highest BCUT2D eigenvalue weighted by Gasteiger charge is 2.59. The Balaban J connectivity index is 1.18. The summed E-state index contributed by atoms with van der Waals surface area (Å²) in [6.45, 7) is -1.46. The first-order chi connectivity index (χ1) is 34.6. The predicted molar refractivity (Wildman–Crippen MR) is 252 cm³/mol. The Morgan fingerprint density at radius 3 is 1.41 bits per heavy atom. The van der Waals surface area contributed by atoms with E-state index in [9.17, 15) is 39.0 Å². The molecule has 3 heterocycles. The van der Waals surface area contributed by atoms with Crippen LogP contribution in [0.4, 0.5) is 0 Å². The van der Waals surface area contributed by atoms with Crippen molar-refractivity contribution in [1.29, 1.82) is 0 Å². The zero-order valence-electron chi connectivity index (χ0n) is 37.5. The van der Waals surface area contributed by atoms with E-state index in [0.29, 0.717) is 4.90 Å². The molecule has 0 saturated carbocycles. The first-order valence-corrected chi connectivity index (χ1v) is 23.4. The number of hydrogen-bond acceptors (Lipinski definition) is 16. The Bertz CT molecular complexity index is 2810.